The fourth-order valence-corrected chi connectivity index (χ4v) is 1.94. The molecule has 0 aliphatic carbocycles. The standard InChI is InChI=1S/C12H10BrNO3/c13-9-3-1-2-8(6-9)4-5-10-7-11(12(15)16)14-17-10/h1-3,6-7H,4-5H2,(H,15,16). The minimum atomic E-state index is -1.07. The van der Waals surface area contributed by atoms with Crippen molar-refractivity contribution in [3.05, 3.63) is 51.8 Å². The molecule has 2 rings (SSSR count). The molecule has 0 fully saturated rings. The maximum absolute atomic E-state index is 10.6. The lowest BCUT2D eigenvalue weighted by Gasteiger charge is -1.99. The van der Waals surface area contributed by atoms with Crippen LogP contribution in [0.15, 0.2) is 39.3 Å². The molecule has 4 nitrogen and oxygen atoms in total. The first-order chi connectivity index (χ1) is 8.15. The molecular formula is C12H10BrNO3. The van der Waals surface area contributed by atoms with Gasteiger partial charge in [0.25, 0.3) is 0 Å². The molecule has 1 aromatic carbocycles. The van der Waals surface area contributed by atoms with Gasteiger partial charge in [-0.2, -0.15) is 0 Å². The molecule has 0 unspecified atom stereocenters. The van der Waals surface area contributed by atoms with Gasteiger partial charge in [0.15, 0.2) is 5.69 Å². The summed E-state index contributed by atoms with van der Waals surface area (Å²) >= 11 is 3.40. The number of hydrogen-bond donors (Lipinski definition) is 1. The van der Waals surface area contributed by atoms with Crippen molar-refractivity contribution in [2.75, 3.05) is 0 Å². The second-order valence-corrected chi connectivity index (χ2v) is 4.53. The Balaban J connectivity index is 2.00. The molecular weight excluding hydrogens is 286 g/mol. The molecule has 1 aromatic heterocycles. The van der Waals surface area contributed by atoms with Gasteiger partial charge in [0, 0.05) is 17.0 Å². The van der Waals surface area contributed by atoms with Gasteiger partial charge in [0.2, 0.25) is 0 Å². The molecule has 0 aliphatic heterocycles. The van der Waals surface area contributed by atoms with Crippen molar-refractivity contribution in [2.45, 2.75) is 12.8 Å². The van der Waals surface area contributed by atoms with Crippen molar-refractivity contribution >= 4 is 21.9 Å². The molecule has 2 aromatic rings. The summed E-state index contributed by atoms with van der Waals surface area (Å²) in [7, 11) is 0. The molecule has 0 amide bonds. The Hall–Kier alpha value is -1.62. The largest absolute Gasteiger partial charge is 0.476 e. The van der Waals surface area contributed by atoms with Crippen LogP contribution in [0.25, 0.3) is 0 Å². The number of benzene rings is 1. The summed E-state index contributed by atoms with van der Waals surface area (Å²) in [6, 6.07) is 9.41. The topological polar surface area (TPSA) is 63.3 Å². The van der Waals surface area contributed by atoms with Gasteiger partial charge < -0.3 is 9.63 Å². The third-order valence-electron chi connectivity index (χ3n) is 2.33. The average molecular weight is 296 g/mol. The van der Waals surface area contributed by atoms with Gasteiger partial charge in [-0.25, -0.2) is 4.79 Å². The van der Waals surface area contributed by atoms with Gasteiger partial charge in [-0.1, -0.05) is 33.2 Å². The second-order valence-electron chi connectivity index (χ2n) is 3.61. The van der Waals surface area contributed by atoms with Crippen LogP contribution in [0.4, 0.5) is 0 Å². The lowest BCUT2D eigenvalue weighted by atomic mass is 10.1. The van der Waals surface area contributed by atoms with Crippen molar-refractivity contribution < 1.29 is 14.4 Å². The molecule has 17 heavy (non-hydrogen) atoms. The lowest BCUT2D eigenvalue weighted by Crippen LogP contribution is -1.95. The lowest BCUT2D eigenvalue weighted by molar-refractivity contribution is 0.0685. The zero-order chi connectivity index (χ0) is 12.3. The number of hydrogen-bond acceptors (Lipinski definition) is 3. The number of carboxylic acids is 1. The number of aromatic carboxylic acids is 1. The summed E-state index contributed by atoms with van der Waals surface area (Å²) in [5, 5.41) is 12.2. The van der Waals surface area contributed by atoms with Crippen LogP contribution in [0.1, 0.15) is 21.8 Å². The fourth-order valence-electron chi connectivity index (χ4n) is 1.49. The smallest absolute Gasteiger partial charge is 0.358 e. The van der Waals surface area contributed by atoms with E-state index >= 15 is 0 Å². The van der Waals surface area contributed by atoms with Gasteiger partial charge >= 0.3 is 5.97 Å². The number of aromatic nitrogens is 1. The number of halogens is 1. The van der Waals surface area contributed by atoms with Gasteiger partial charge in [0.1, 0.15) is 5.76 Å². The van der Waals surface area contributed by atoms with Crippen LogP contribution in [0, 0.1) is 0 Å². The molecule has 0 aliphatic rings. The number of rotatable bonds is 4. The van der Waals surface area contributed by atoms with Gasteiger partial charge in [-0.05, 0) is 24.1 Å². The van der Waals surface area contributed by atoms with Crippen LogP contribution in [0.5, 0.6) is 0 Å². The average Bonchev–Trinajstić information content (AvgIpc) is 2.75. The van der Waals surface area contributed by atoms with Crippen molar-refractivity contribution in [3.8, 4) is 0 Å². The van der Waals surface area contributed by atoms with E-state index in [2.05, 4.69) is 21.1 Å². The Morgan fingerprint density at radius 1 is 1.35 bits per heavy atom. The highest BCUT2D eigenvalue weighted by Crippen LogP contribution is 2.14. The normalized spacial score (nSPS) is 10.4. The summed E-state index contributed by atoms with van der Waals surface area (Å²) in [5.41, 5.74) is 1.11. The van der Waals surface area contributed by atoms with E-state index in [0.717, 1.165) is 16.5 Å². The Kier molecular flexibility index (Phi) is 3.58. The molecule has 5 heteroatoms. The van der Waals surface area contributed by atoms with E-state index in [1.54, 1.807) is 0 Å². The molecule has 0 atom stereocenters. The fraction of sp³-hybridized carbons (Fsp3) is 0.167. The summed E-state index contributed by atoms with van der Waals surface area (Å²) in [6.45, 7) is 0. The van der Waals surface area contributed by atoms with Crippen LogP contribution >= 0.6 is 15.9 Å². The summed E-state index contributed by atoms with van der Waals surface area (Å²) in [6.07, 6.45) is 1.42. The summed E-state index contributed by atoms with van der Waals surface area (Å²) in [4.78, 5) is 10.6. The molecule has 88 valence electrons. The Bertz CT molecular complexity index is 536. The van der Waals surface area contributed by atoms with E-state index in [1.807, 2.05) is 24.3 Å². The number of nitrogens with zero attached hydrogens (tertiary/aromatic N) is 1. The number of carbonyl (C=O) groups is 1. The van der Waals surface area contributed by atoms with Crippen molar-refractivity contribution in [3.63, 3.8) is 0 Å². The van der Waals surface area contributed by atoms with Gasteiger partial charge in [-0.15, -0.1) is 0 Å². The monoisotopic (exact) mass is 295 g/mol. The quantitative estimate of drug-likeness (QED) is 0.942. The minimum absolute atomic E-state index is 0.0470. The van der Waals surface area contributed by atoms with Crippen molar-refractivity contribution in [1.82, 2.24) is 5.16 Å². The van der Waals surface area contributed by atoms with E-state index in [0.29, 0.717) is 12.2 Å². The third kappa shape index (κ3) is 3.17. The molecule has 0 saturated carbocycles. The van der Waals surface area contributed by atoms with Crippen LogP contribution in [-0.4, -0.2) is 16.2 Å². The van der Waals surface area contributed by atoms with Crippen LogP contribution < -0.4 is 0 Å². The van der Waals surface area contributed by atoms with E-state index in [4.69, 9.17) is 9.63 Å². The van der Waals surface area contributed by atoms with E-state index in [9.17, 15) is 4.79 Å². The maximum atomic E-state index is 10.6. The predicted molar refractivity (Wildman–Crippen MR) is 65.0 cm³/mol. The highest BCUT2D eigenvalue weighted by atomic mass is 79.9. The Morgan fingerprint density at radius 3 is 2.82 bits per heavy atom. The molecule has 0 bridgehead atoms. The van der Waals surface area contributed by atoms with E-state index < -0.39 is 5.97 Å². The first-order valence-corrected chi connectivity index (χ1v) is 5.88. The van der Waals surface area contributed by atoms with Gasteiger partial charge in [0.05, 0.1) is 0 Å². The van der Waals surface area contributed by atoms with E-state index in [1.165, 1.54) is 6.07 Å². The van der Waals surface area contributed by atoms with Crippen LogP contribution in [-0.2, 0) is 12.8 Å². The van der Waals surface area contributed by atoms with Crippen molar-refractivity contribution in [1.29, 1.82) is 0 Å². The maximum Gasteiger partial charge on any atom is 0.358 e. The molecule has 1 heterocycles. The minimum Gasteiger partial charge on any atom is -0.476 e. The molecule has 0 saturated heterocycles. The van der Waals surface area contributed by atoms with Crippen LogP contribution in [0.3, 0.4) is 0 Å². The molecule has 0 spiro atoms. The zero-order valence-electron chi connectivity index (χ0n) is 8.89. The Morgan fingerprint density at radius 2 is 2.18 bits per heavy atom. The summed E-state index contributed by atoms with van der Waals surface area (Å²) in [5.74, 6) is -0.482. The second kappa shape index (κ2) is 5.14. The van der Waals surface area contributed by atoms with Gasteiger partial charge in [-0.3, -0.25) is 0 Å². The summed E-state index contributed by atoms with van der Waals surface area (Å²) < 4.78 is 5.96. The highest BCUT2D eigenvalue weighted by Gasteiger charge is 2.10. The SMILES string of the molecule is O=C(O)c1cc(CCc2cccc(Br)c2)on1. The first kappa shape index (κ1) is 11.9. The van der Waals surface area contributed by atoms with Crippen molar-refractivity contribution in [2.24, 2.45) is 0 Å². The predicted octanol–water partition coefficient (Wildman–Crippen LogP) is 2.92. The highest BCUT2D eigenvalue weighted by molar-refractivity contribution is 9.10. The van der Waals surface area contributed by atoms with E-state index in [-0.39, 0.29) is 5.69 Å². The number of aryl methyl sites for hydroxylation is 2. The molecule has 1 N–H and O–H groups in total. The third-order valence-corrected chi connectivity index (χ3v) is 2.82. The first-order valence-electron chi connectivity index (χ1n) is 5.08. The molecule has 0 radical (unpaired) electrons. The Labute approximate surface area is 106 Å². The van der Waals surface area contributed by atoms with Crippen LogP contribution in [0.2, 0.25) is 0 Å². The number of carboxylic acid groups (broad SMARTS) is 1. The zero-order valence-corrected chi connectivity index (χ0v) is 10.5.